The number of amides is 1. The highest BCUT2D eigenvalue weighted by Crippen LogP contribution is 2.37. The van der Waals surface area contributed by atoms with Crippen LogP contribution in [-0.4, -0.2) is 31.3 Å². The molecular formula is C20H24BNO4. The van der Waals surface area contributed by atoms with Crippen molar-refractivity contribution in [1.29, 1.82) is 0 Å². The molecule has 0 aromatic heterocycles. The summed E-state index contributed by atoms with van der Waals surface area (Å²) in [7, 11) is 1.03. The molecule has 0 unspecified atom stereocenters. The number of hydrogen-bond donors (Lipinski definition) is 1. The molecule has 1 N–H and O–H groups in total. The third-order valence-electron chi connectivity index (χ3n) is 5.03. The van der Waals surface area contributed by atoms with E-state index in [0.29, 0.717) is 11.3 Å². The molecule has 1 heterocycles. The average molecular weight is 353 g/mol. The molecule has 1 amide bonds. The highest BCUT2D eigenvalue weighted by atomic mass is 16.7. The third kappa shape index (κ3) is 3.48. The molecule has 1 saturated heterocycles. The molecular weight excluding hydrogens is 329 g/mol. The predicted octanol–water partition coefficient (Wildman–Crippen LogP) is 3.25. The van der Waals surface area contributed by atoms with E-state index in [-0.39, 0.29) is 5.91 Å². The van der Waals surface area contributed by atoms with Gasteiger partial charge in [-0.3, -0.25) is 4.79 Å². The molecule has 26 heavy (non-hydrogen) atoms. The molecule has 0 aliphatic carbocycles. The van der Waals surface area contributed by atoms with E-state index in [9.17, 15) is 4.79 Å². The van der Waals surface area contributed by atoms with Crippen molar-refractivity contribution >= 4 is 24.2 Å². The Morgan fingerprint density at radius 1 is 1.00 bits per heavy atom. The molecule has 1 fully saturated rings. The number of anilines is 1. The van der Waals surface area contributed by atoms with Crippen molar-refractivity contribution in [2.75, 3.05) is 12.4 Å². The van der Waals surface area contributed by atoms with E-state index in [1.54, 1.807) is 19.2 Å². The fraction of sp³-hybridized carbons (Fsp3) is 0.350. The Bertz CT molecular complexity index is 789. The van der Waals surface area contributed by atoms with Crippen molar-refractivity contribution in [2.24, 2.45) is 0 Å². The highest BCUT2D eigenvalue weighted by Gasteiger charge is 2.52. The van der Waals surface area contributed by atoms with Gasteiger partial charge in [0.1, 0.15) is 5.75 Å². The molecule has 1 aliphatic heterocycles. The van der Waals surface area contributed by atoms with Gasteiger partial charge in [0.2, 0.25) is 0 Å². The lowest BCUT2D eigenvalue weighted by molar-refractivity contribution is 0.00578. The summed E-state index contributed by atoms with van der Waals surface area (Å²) in [5.74, 6) is 0.360. The Balaban J connectivity index is 1.84. The molecule has 2 aromatic carbocycles. The Morgan fingerprint density at radius 3 is 2.19 bits per heavy atom. The van der Waals surface area contributed by atoms with Crippen LogP contribution in [0, 0.1) is 0 Å². The van der Waals surface area contributed by atoms with Crippen molar-refractivity contribution in [2.45, 2.75) is 38.9 Å². The Kier molecular flexibility index (Phi) is 4.82. The maximum atomic E-state index is 12.5. The minimum Gasteiger partial charge on any atom is -0.497 e. The first kappa shape index (κ1) is 18.5. The molecule has 2 aromatic rings. The van der Waals surface area contributed by atoms with Crippen molar-refractivity contribution in [3.63, 3.8) is 0 Å². The minimum atomic E-state index is -0.541. The zero-order valence-electron chi connectivity index (χ0n) is 15.8. The number of benzene rings is 2. The Hall–Kier alpha value is -2.31. The lowest BCUT2D eigenvalue weighted by Gasteiger charge is -2.32. The lowest BCUT2D eigenvalue weighted by Crippen LogP contribution is -2.41. The zero-order valence-corrected chi connectivity index (χ0v) is 15.8. The Morgan fingerprint density at radius 2 is 1.62 bits per heavy atom. The first-order valence-corrected chi connectivity index (χ1v) is 8.63. The van der Waals surface area contributed by atoms with E-state index in [1.165, 1.54) is 0 Å². The minimum absolute atomic E-state index is 0.199. The van der Waals surface area contributed by atoms with Gasteiger partial charge in [-0.1, -0.05) is 24.3 Å². The summed E-state index contributed by atoms with van der Waals surface area (Å²) in [6.07, 6.45) is 0. The maximum Gasteiger partial charge on any atom is 0.498 e. The number of carbonyl (C=O) groups is 1. The van der Waals surface area contributed by atoms with Gasteiger partial charge in [-0.2, -0.15) is 0 Å². The highest BCUT2D eigenvalue weighted by molar-refractivity contribution is 6.63. The summed E-state index contributed by atoms with van der Waals surface area (Å²) < 4.78 is 17.7. The van der Waals surface area contributed by atoms with Crippen LogP contribution in [0.2, 0.25) is 0 Å². The van der Waals surface area contributed by atoms with Gasteiger partial charge in [-0.05, 0) is 52.0 Å². The molecule has 0 bridgehead atoms. The molecule has 3 rings (SSSR count). The van der Waals surface area contributed by atoms with Gasteiger partial charge in [0, 0.05) is 16.7 Å². The van der Waals surface area contributed by atoms with Crippen LogP contribution >= 0.6 is 0 Å². The second kappa shape index (κ2) is 6.78. The molecule has 136 valence electrons. The standard InChI is InChI=1S/C20H24BNO4/c1-19(2)20(3,4)26-21(25-19)16-12-11-14(13-17(16)24-5)18(23)22-15-9-7-6-8-10-15/h6-13H,1-5H3,(H,22,23). The van der Waals surface area contributed by atoms with Crippen LogP contribution in [0.3, 0.4) is 0 Å². The van der Waals surface area contributed by atoms with Gasteiger partial charge in [-0.25, -0.2) is 0 Å². The van der Waals surface area contributed by atoms with Gasteiger partial charge in [0.15, 0.2) is 0 Å². The molecule has 0 atom stereocenters. The average Bonchev–Trinajstić information content (AvgIpc) is 2.82. The van der Waals surface area contributed by atoms with Crippen molar-refractivity contribution in [3.05, 3.63) is 54.1 Å². The van der Waals surface area contributed by atoms with Crippen LogP contribution in [-0.2, 0) is 9.31 Å². The van der Waals surface area contributed by atoms with Gasteiger partial charge < -0.3 is 19.4 Å². The van der Waals surface area contributed by atoms with Gasteiger partial charge in [0.25, 0.3) is 5.91 Å². The summed E-state index contributed by atoms with van der Waals surface area (Å²) in [5.41, 5.74) is 1.14. The van der Waals surface area contributed by atoms with Crippen LogP contribution in [0.1, 0.15) is 38.1 Å². The first-order chi connectivity index (χ1) is 12.2. The van der Waals surface area contributed by atoms with Crippen LogP contribution < -0.4 is 15.5 Å². The number of para-hydroxylation sites is 1. The van der Waals surface area contributed by atoms with Gasteiger partial charge in [0.05, 0.1) is 18.3 Å². The number of ether oxygens (including phenoxy) is 1. The fourth-order valence-corrected chi connectivity index (χ4v) is 2.74. The Labute approximate surface area is 154 Å². The van der Waals surface area contributed by atoms with Crippen molar-refractivity contribution in [3.8, 4) is 5.75 Å². The van der Waals surface area contributed by atoms with E-state index in [0.717, 1.165) is 11.2 Å². The van der Waals surface area contributed by atoms with E-state index in [2.05, 4.69) is 5.32 Å². The molecule has 1 aliphatic rings. The molecule has 0 radical (unpaired) electrons. The number of carbonyl (C=O) groups excluding carboxylic acids is 1. The zero-order chi connectivity index (χ0) is 18.9. The van der Waals surface area contributed by atoms with E-state index >= 15 is 0 Å². The summed E-state index contributed by atoms with van der Waals surface area (Å²) in [6, 6.07) is 14.6. The SMILES string of the molecule is COc1cc(C(=O)Nc2ccccc2)ccc1B1OC(C)(C)C(C)(C)O1. The maximum absolute atomic E-state index is 12.5. The fourth-order valence-electron chi connectivity index (χ4n) is 2.74. The van der Waals surface area contributed by atoms with Crippen LogP contribution in [0.15, 0.2) is 48.5 Å². The summed E-state index contributed by atoms with van der Waals surface area (Å²) in [5, 5.41) is 2.87. The monoisotopic (exact) mass is 353 g/mol. The number of rotatable bonds is 4. The topological polar surface area (TPSA) is 56.8 Å². The number of nitrogens with one attached hydrogen (secondary N) is 1. The first-order valence-electron chi connectivity index (χ1n) is 8.63. The summed E-state index contributed by atoms with van der Waals surface area (Å²) in [6.45, 7) is 8.00. The molecule has 0 saturated carbocycles. The number of methoxy groups -OCH3 is 1. The quantitative estimate of drug-likeness (QED) is 0.858. The molecule has 5 nitrogen and oxygen atoms in total. The van der Waals surface area contributed by atoms with E-state index < -0.39 is 18.3 Å². The summed E-state index contributed by atoms with van der Waals surface area (Å²) in [4.78, 5) is 12.5. The van der Waals surface area contributed by atoms with Crippen molar-refractivity contribution < 1.29 is 18.8 Å². The van der Waals surface area contributed by atoms with Gasteiger partial charge >= 0.3 is 7.12 Å². The lowest BCUT2D eigenvalue weighted by atomic mass is 9.78. The second-order valence-electron chi connectivity index (χ2n) is 7.37. The molecule has 0 spiro atoms. The van der Waals surface area contributed by atoms with Crippen LogP contribution in [0.4, 0.5) is 5.69 Å². The summed E-state index contributed by atoms with van der Waals surface area (Å²) >= 11 is 0. The predicted molar refractivity (Wildman–Crippen MR) is 103 cm³/mol. The van der Waals surface area contributed by atoms with Gasteiger partial charge in [-0.15, -0.1) is 0 Å². The number of hydrogen-bond acceptors (Lipinski definition) is 4. The largest absolute Gasteiger partial charge is 0.498 e. The van der Waals surface area contributed by atoms with Crippen LogP contribution in [0.5, 0.6) is 5.75 Å². The van der Waals surface area contributed by atoms with E-state index in [1.807, 2.05) is 64.1 Å². The normalized spacial score (nSPS) is 17.8. The van der Waals surface area contributed by atoms with Crippen molar-refractivity contribution in [1.82, 2.24) is 0 Å². The van der Waals surface area contributed by atoms with E-state index in [4.69, 9.17) is 14.0 Å². The second-order valence-corrected chi connectivity index (χ2v) is 7.37. The smallest absolute Gasteiger partial charge is 0.497 e. The molecule has 6 heteroatoms. The third-order valence-corrected chi connectivity index (χ3v) is 5.03. The van der Waals surface area contributed by atoms with Crippen LogP contribution in [0.25, 0.3) is 0 Å².